The molecule has 0 radical (unpaired) electrons. The fourth-order valence-electron chi connectivity index (χ4n) is 2.84. The quantitative estimate of drug-likeness (QED) is 0.345. The minimum absolute atomic E-state index is 0. The summed E-state index contributed by atoms with van der Waals surface area (Å²) in [6.07, 6.45) is 2.65. The number of tetrazole rings is 1. The summed E-state index contributed by atoms with van der Waals surface area (Å²) in [4.78, 5) is 15.7. The number of pyridine rings is 1. The lowest BCUT2D eigenvalue weighted by atomic mass is 10.2. The van der Waals surface area contributed by atoms with Crippen LogP contribution in [0.15, 0.2) is 42.7 Å². The van der Waals surface area contributed by atoms with Crippen LogP contribution in [0, 0.1) is 11.6 Å². The van der Waals surface area contributed by atoms with E-state index in [2.05, 4.69) is 30.6 Å². The first-order valence-electron chi connectivity index (χ1n) is 9.27. The molecule has 4 N–H and O–H groups in total. The normalized spacial score (nSPS) is 11.6. The van der Waals surface area contributed by atoms with Crippen molar-refractivity contribution in [2.45, 2.75) is 19.0 Å². The standard InChI is InChI=1S/C19H16F2N8O3.ClH/c20-14-7-12(32-19-15(21)5-10(8-23-19)16-3-4-24-25-16)1-2-13(14)18-26-28-29(27-18)9-11(22)6-17(30)31;/h1-5,7-8,11H,6,9,22H2,(H,24,25)(H,30,31);1H. The summed E-state index contributed by atoms with van der Waals surface area (Å²) >= 11 is 0. The molecule has 33 heavy (non-hydrogen) atoms. The SMILES string of the molecule is Cl.NC(CC(=O)O)Cn1nnc(-c2ccc(Oc3ncc(-c4ccn[nH]4)cc3F)cc2F)n1. The van der Waals surface area contributed by atoms with Crippen LogP contribution in [-0.2, 0) is 11.3 Å². The molecule has 0 saturated heterocycles. The second-order valence-corrected chi connectivity index (χ2v) is 6.75. The van der Waals surface area contributed by atoms with Gasteiger partial charge in [0.2, 0.25) is 5.82 Å². The molecule has 0 saturated carbocycles. The van der Waals surface area contributed by atoms with Crippen LogP contribution in [0.1, 0.15) is 6.42 Å². The second kappa shape index (κ2) is 10.1. The number of carboxylic acids is 1. The largest absolute Gasteiger partial charge is 0.481 e. The topological polar surface area (TPSA) is 158 Å². The Morgan fingerprint density at radius 2 is 2.06 bits per heavy atom. The van der Waals surface area contributed by atoms with Crippen molar-refractivity contribution in [3.05, 3.63) is 54.4 Å². The molecule has 1 unspecified atom stereocenters. The summed E-state index contributed by atoms with van der Waals surface area (Å²) in [5.41, 5.74) is 6.78. The molecule has 4 rings (SSSR count). The van der Waals surface area contributed by atoms with Crippen LogP contribution in [0.25, 0.3) is 22.6 Å². The summed E-state index contributed by atoms with van der Waals surface area (Å²) in [6.45, 7) is 0.00159. The van der Waals surface area contributed by atoms with Gasteiger partial charge in [0, 0.05) is 30.1 Å². The van der Waals surface area contributed by atoms with Crippen LogP contribution in [0.5, 0.6) is 11.6 Å². The number of nitrogens with zero attached hydrogens (tertiary/aromatic N) is 6. The van der Waals surface area contributed by atoms with Crippen molar-refractivity contribution < 1.29 is 23.4 Å². The zero-order chi connectivity index (χ0) is 22.7. The number of aromatic nitrogens is 7. The highest BCUT2D eigenvalue weighted by atomic mass is 35.5. The lowest BCUT2D eigenvalue weighted by Crippen LogP contribution is -2.30. The maximum atomic E-state index is 14.6. The average Bonchev–Trinajstić information content (AvgIpc) is 3.41. The van der Waals surface area contributed by atoms with E-state index in [-0.39, 0.29) is 48.4 Å². The van der Waals surface area contributed by atoms with Gasteiger partial charge in [-0.3, -0.25) is 9.89 Å². The third kappa shape index (κ3) is 5.64. The van der Waals surface area contributed by atoms with Gasteiger partial charge in [0.25, 0.3) is 5.88 Å². The van der Waals surface area contributed by atoms with E-state index >= 15 is 0 Å². The molecule has 3 aromatic heterocycles. The lowest BCUT2D eigenvalue weighted by Gasteiger charge is -2.08. The molecule has 0 amide bonds. The van der Waals surface area contributed by atoms with E-state index in [1.807, 2.05) is 0 Å². The highest BCUT2D eigenvalue weighted by molar-refractivity contribution is 5.85. The molecule has 0 aliphatic rings. The van der Waals surface area contributed by atoms with Gasteiger partial charge in [-0.25, -0.2) is 13.8 Å². The number of carboxylic acid groups (broad SMARTS) is 1. The Balaban J connectivity index is 0.00000306. The van der Waals surface area contributed by atoms with E-state index in [0.29, 0.717) is 11.3 Å². The van der Waals surface area contributed by atoms with Crippen molar-refractivity contribution in [3.63, 3.8) is 0 Å². The number of rotatable bonds is 8. The van der Waals surface area contributed by atoms with Gasteiger partial charge < -0.3 is 15.6 Å². The highest BCUT2D eigenvalue weighted by Crippen LogP contribution is 2.29. The van der Waals surface area contributed by atoms with E-state index < -0.39 is 23.6 Å². The molecule has 11 nitrogen and oxygen atoms in total. The van der Waals surface area contributed by atoms with E-state index in [4.69, 9.17) is 15.6 Å². The monoisotopic (exact) mass is 478 g/mol. The number of ether oxygens (including phenoxy) is 1. The molecular weight excluding hydrogens is 462 g/mol. The first-order valence-corrected chi connectivity index (χ1v) is 9.27. The van der Waals surface area contributed by atoms with E-state index in [9.17, 15) is 13.6 Å². The molecule has 4 aromatic rings. The van der Waals surface area contributed by atoms with Crippen LogP contribution in [-0.4, -0.2) is 52.5 Å². The highest BCUT2D eigenvalue weighted by Gasteiger charge is 2.16. The van der Waals surface area contributed by atoms with Crippen LogP contribution >= 0.6 is 12.4 Å². The molecule has 0 bridgehead atoms. The summed E-state index contributed by atoms with van der Waals surface area (Å²) in [6, 6.07) is 5.94. The van der Waals surface area contributed by atoms with Gasteiger partial charge >= 0.3 is 5.97 Å². The molecule has 0 aliphatic carbocycles. The van der Waals surface area contributed by atoms with Crippen molar-refractivity contribution in [1.29, 1.82) is 0 Å². The van der Waals surface area contributed by atoms with Crippen molar-refractivity contribution in [2.75, 3.05) is 0 Å². The third-order valence-electron chi connectivity index (χ3n) is 4.30. The molecule has 0 fully saturated rings. The Labute approximate surface area is 191 Å². The van der Waals surface area contributed by atoms with E-state index in [1.54, 1.807) is 6.07 Å². The first kappa shape index (κ1) is 23.7. The molecule has 14 heteroatoms. The third-order valence-corrected chi connectivity index (χ3v) is 4.30. The number of hydrogen-bond donors (Lipinski definition) is 3. The number of halogens is 3. The van der Waals surface area contributed by atoms with Crippen LogP contribution < -0.4 is 10.5 Å². The molecule has 1 aromatic carbocycles. The number of H-pyrrole nitrogens is 1. The Morgan fingerprint density at radius 1 is 1.24 bits per heavy atom. The minimum atomic E-state index is -1.05. The summed E-state index contributed by atoms with van der Waals surface area (Å²) in [7, 11) is 0. The average molecular weight is 479 g/mol. The minimum Gasteiger partial charge on any atom is -0.481 e. The van der Waals surface area contributed by atoms with Gasteiger partial charge in [0.15, 0.2) is 5.82 Å². The molecular formula is C19H17ClF2N8O3. The fourth-order valence-corrected chi connectivity index (χ4v) is 2.84. The van der Waals surface area contributed by atoms with Gasteiger partial charge in [-0.15, -0.1) is 22.6 Å². The first-order chi connectivity index (χ1) is 15.4. The number of nitrogens with two attached hydrogens (primary N) is 1. The maximum absolute atomic E-state index is 14.6. The summed E-state index contributed by atoms with van der Waals surface area (Å²) in [5, 5.41) is 26.8. The van der Waals surface area contributed by atoms with Gasteiger partial charge in [-0.2, -0.15) is 9.90 Å². The number of carbonyl (C=O) groups is 1. The zero-order valence-corrected chi connectivity index (χ0v) is 17.5. The Bertz CT molecular complexity index is 1250. The molecule has 172 valence electrons. The predicted molar refractivity (Wildman–Crippen MR) is 113 cm³/mol. The Hall–Kier alpha value is -3.97. The molecule has 0 spiro atoms. The van der Waals surface area contributed by atoms with Gasteiger partial charge in [-0.1, -0.05) is 0 Å². The van der Waals surface area contributed by atoms with Crippen LogP contribution in [0.4, 0.5) is 8.78 Å². The van der Waals surface area contributed by atoms with Crippen molar-refractivity contribution in [1.82, 2.24) is 35.4 Å². The molecule has 0 aliphatic heterocycles. The summed E-state index contributed by atoms with van der Waals surface area (Å²) in [5.74, 6) is -2.85. The predicted octanol–water partition coefficient (Wildman–Crippen LogP) is 2.42. The number of nitrogens with one attached hydrogen (secondary N) is 1. The number of aliphatic carboxylic acids is 1. The van der Waals surface area contributed by atoms with Crippen LogP contribution in [0.2, 0.25) is 0 Å². The van der Waals surface area contributed by atoms with Gasteiger partial charge in [0.05, 0.1) is 24.2 Å². The fraction of sp³-hybridized carbons (Fsp3) is 0.158. The summed E-state index contributed by atoms with van der Waals surface area (Å²) < 4.78 is 34.3. The molecule has 1 atom stereocenters. The lowest BCUT2D eigenvalue weighted by molar-refractivity contribution is -0.137. The van der Waals surface area contributed by atoms with Gasteiger partial charge in [0.1, 0.15) is 11.6 Å². The maximum Gasteiger partial charge on any atom is 0.304 e. The number of benzene rings is 1. The van der Waals surface area contributed by atoms with Crippen molar-refractivity contribution in [2.24, 2.45) is 5.73 Å². The Morgan fingerprint density at radius 3 is 2.73 bits per heavy atom. The number of aromatic amines is 1. The van der Waals surface area contributed by atoms with E-state index in [0.717, 1.165) is 10.9 Å². The number of hydrogen-bond acceptors (Lipinski definition) is 8. The van der Waals surface area contributed by atoms with Crippen LogP contribution in [0.3, 0.4) is 0 Å². The van der Waals surface area contributed by atoms with Crippen molar-refractivity contribution in [3.8, 4) is 34.3 Å². The second-order valence-electron chi connectivity index (χ2n) is 6.75. The van der Waals surface area contributed by atoms with Crippen molar-refractivity contribution >= 4 is 18.4 Å². The zero-order valence-electron chi connectivity index (χ0n) is 16.7. The Kier molecular flexibility index (Phi) is 7.25. The van der Waals surface area contributed by atoms with E-state index in [1.165, 1.54) is 30.6 Å². The smallest absolute Gasteiger partial charge is 0.304 e. The van der Waals surface area contributed by atoms with Gasteiger partial charge in [-0.05, 0) is 29.5 Å². The molecule has 3 heterocycles.